The predicted molar refractivity (Wildman–Crippen MR) is 103 cm³/mol. The molecule has 1 aromatic carbocycles. The molecule has 3 heterocycles. The van der Waals surface area contributed by atoms with E-state index in [1.54, 1.807) is 13.0 Å². The number of hydrogen-bond donors (Lipinski definition) is 1. The Labute approximate surface area is 169 Å². The van der Waals surface area contributed by atoms with Crippen LogP contribution in [0.3, 0.4) is 0 Å². The molecule has 0 saturated heterocycles. The zero-order chi connectivity index (χ0) is 21.6. The number of ketones is 1. The molecule has 11 nitrogen and oxygen atoms in total. The first-order valence-corrected chi connectivity index (χ1v) is 9.03. The monoisotopic (exact) mass is 412 g/mol. The third kappa shape index (κ3) is 3.30. The van der Waals surface area contributed by atoms with Gasteiger partial charge in [-0.2, -0.15) is 0 Å². The van der Waals surface area contributed by atoms with Crippen molar-refractivity contribution in [1.29, 1.82) is 0 Å². The van der Waals surface area contributed by atoms with Gasteiger partial charge in [-0.05, 0) is 48.0 Å². The van der Waals surface area contributed by atoms with Crippen LogP contribution in [0.15, 0.2) is 30.3 Å². The summed E-state index contributed by atoms with van der Waals surface area (Å²) < 4.78 is 10.9. The fourth-order valence-electron chi connectivity index (χ4n) is 3.15. The van der Waals surface area contributed by atoms with E-state index < -0.39 is 41.2 Å². The molecule has 2 aromatic rings. The average Bonchev–Trinajstić information content (AvgIpc) is 2.71. The molecule has 0 radical (unpaired) electrons. The number of fused-ring (bicyclic) bond motifs is 2. The van der Waals surface area contributed by atoms with Crippen molar-refractivity contribution in [3.8, 4) is 11.5 Å². The van der Waals surface area contributed by atoms with E-state index >= 15 is 0 Å². The second-order valence-electron chi connectivity index (χ2n) is 6.82. The second-order valence-corrected chi connectivity index (χ2v) is 6.82. The quantitative estimate of drug-likeness (QED) is 0.454. The van der Waals surface area contributed by atoms with Crippen molar-refractivity contribution in [1.82, 2.24) is 4.98 Å². The molecule has 0 spiro atoms. The summed E-state index contributed by atoms with van der Waals surface area (Å²) in [6.45, 7) is 2.71. The van der Waals surface area contributed by atoms with Gasteiger partial charge in [-0.25, -0.2) is 0 Å². The molecule has 0 saturated carbocycles. The number of pyridine rings is 1. The molecule has 1 N–H and O–H groups in total. The third-order valence-electron chi connectivity index (χ3n) is 4.72. The van der Waals surface area contributed by atoms with E-state index in [9.17, 15) is 24.5 Å². The van der Waals surface area contributed by atoms with Crippen LogP contribution in [0.1, 0.15) is 24.2 Å². The van der Waals surface area contributed by atoms with Crippen LogP contribution in [0.25, 0.3) is 0 Å². The Morgan fingerprint density at radius 3 is 2.60 bits per heavy atom. The van der Waals surface area contributed by atoms with Crippen molar-refractivity contribution >= 4 is 34.9 Å². The Morgan fingerprint density at radius 1 is 1.17 bits per heavy atom. The lowest BCUT2D eigenvalue weighted by molar-refractivity contribution is -0.389. The number of nitro groups is 1. The van der Waals surface area contributed by atoms with Crippen LogP contribution in [0.4, 0.5) is 17.3 Å². The normalized spacial score (nSPS) is 19.7. The van der Waals surface area contributed by atoms with Crippen LogP contribution in [-0.2, 0) is 9.59 Å². The van der Waals surface area contributed by atoms with Crippen LogP contribution >= 0.6 is 0 Å². The minimum absolute atomic E-state index is 0.0935. The van der Waals surface area contributed by atoms with Crippen molar-refractivity contribution < 1.29 is 28.8 Å². The molecule has 2 atom stereocenters. The van der Waals surface area contributed by atoms with Gasteiger partial charge in [0.15, 0.2) is 23.7 Å². The number of aromatic nitrogens is 1. The second kappa shape index (κ2) is 7.10. The largest absolute Gasteiger partial charge is 0.479 e. The Balaban J connectivity index is 1.64. The van der Waals surface area contributed by atoms with Crippen molar-refractivity contribution in [3.05, 3.63) is 46.0 Å². The van der Waals surface area contributed by atoms with E-state index in [2.05, 4.69) is 10.3 Å². The first kappa shape index (κ1) is 19.3. The molecule has 30 heavy (non-hydrogen) atoms. The molecule has 2 aliphatic rings. The number of benzene rings is 1. The molecule has 2 amide bonds. The molecular formula is C19H16N4O7. The SMILES string of the molecule is CC1Oc2ccc(C(=O)CN3C(=O)C(C)Oc4ccc([N+](=O)[O-])nc43)cc2NC1=O. The zero-order valence-electron chi connectivity index (χ0n) is 15.9. The molecular weight excluding hydrogens is 396 g/mol. The van der Waals surface area contributed by atoms with E-state index in [0.717, 1.165) is 11.0 Å². The van der Waals surface area contributed by atoms with Gasteiger partial charge in [-0.3, -0.25) is 19.3 Å². The number of nitrogens with one attached hydrogen (secondary N) is 1. The minimum atomic E-state index is -0.883. The Hall–Kier alpha value is -4.02. The Bertz CT molecular complexity index is 1100. The summed E-state index contributed by atoms with van der Waals surface area (Å²) in [6, 6.07) is 7.03. The Kier molecular flexibility index (Phi) is 4.57. The highest BCUT2D eigenvalue weighted by Crippen LogP contribution is 2.35. The average molecular weight is 412 g/mol. The molecule has 4 rings (SSSR count). The predicted octanol–water partition coefficient (Wildman–Crippen LogP) is 1.71. The van der Waals surface area contributed by atoms with E-state index in [1.807, 2.05) is 0 Å². The fourth-order valence-corrected chi connectivity index (χ4v) is 3.15. The van der Waals surface area contributed by atoms with Gasteiger partial charge in [0.2, 0.25) is 0 Å². The highest BCUT2D eigenvalue weighted by atomic mass is 16.6. The van der Waals surface area contributed by atoms with Crippen molar-refractivity contribution in [2.24, 2.45) is 0 Å². The Morgan fingerprint density at radius 2 is 1.87 bits per heavy atom. The number of Topliss-reactive ketones (excluding diaryl/α,β-unsaturated/α-hetero) is 1. The number of amides is 2. The summed E-state index contributed by atoms with van der Waals surface area (Å²) in [5, 5.41) is 13.7. The van der Waals surface area contributed by atoms with Gasteiger partial charge in [0.05, 0.1) is 12.2 Å². The summed E-state index contributed by atoms with van der Waals surface area (Å²) in [5.74, 6) is -1.31. The van der Waals surface area contributed by atoms with Gasteiger partial charge >= 0.3 is 5.82 Å². The molecule has 0 aliphatic carbocycles. The number of hydrogen-bond acceptors (Lipinski definition) is 8. The van der Waals surface area contributed by atoms with Gasteiger partial charge in [0.1, 0.15) is 5.75 Å². The van der Waals surface area contributed by atoms with E-state index in [1.165, 1.54) is 25.1 Å². The highest BCUT2D eigenvalue weighted by Gasteiger charge is 2.38. The molecule has 2 unspecified atom stereocenters. The first-order chi connectivity index (χ1) is 14.2. The molecule has 0 fully saturated rings. The van der Waals surface area contributed by atoms with E-state index in [0.29, 0.717) is 11.4 Å². The van der Waals surface area contributed by atoms with E-state index in [-0.39, 0.29) is 23.0 Å². The van der Waals surface area contributed by atoms with Gasteiger partial charge < -0.3 is 24.9 Å². The number of carbonyl (C=O) groups is 3. The lowest BCUT2D eigenvalue weighted by Crippen LogP contribution is -2.47. The number of anilines is 2. The maximum Gasteiger partial charge on any atom is 0.366 e. The van der Waals surface area contributed by atoms with Crippen molar-refractivity contribution in [3.63, 3.8) is 0 Å². The summed E-state index contributed by atoms with van der Waals surface area (Å²) in [7, 11) is 0. The number of carbonyl (C=O) groups excluding carboxylic acids is 3. The van der Waals surface area contributed by atoms with E-state index in [4.69, 9.17) is 9.47 Å². The molecule has 1 aromatic heterocycles. The topological polar surface area (TPSA) is 141 Å². The summed E-state index contributed by atoms with van der Waals surface area (Å²) in [5.41, 5.74) is 0.575. The van der Waals surface area contributed by atoms with Crippen LogP contribution < -0.4 is 19.7 Å². The smallest absolute Gasteiger partial charge is 0.366 e. The van der Waals surface area contributed by atoms with Crippen LogP contribution in [0.2, 0.25) is 0 Å². The maximum absolute atomic E-state index is 12.9. The maximum atomic E-state index is 12.9. The molecule has 11 heteroatoms. The number of rotatable bonds is 4. The molecule has 0 bridgehead atoms. The number of nitrogens with zero attached hydrogens (tertiary/aromatic N) is 3. The van der Waals surface area contributed by atoms with Gasteiger partial charge in [-0.15, -0.1) is 0 Å². The fraction of sp³-hybridized carbons (Fsp3) is 0.263. The lowest BCUT2D eigenvalue weighted by Gasteiger charge is -2.29. The highest BCUT2D eigenvalue weighted by molar-refractivity contribution is 6.08. The lowest BCUT2D eigenvalue weighted by atomic mass is 10.1. The van der Waals surface area contributed by atoms with Gasteiger partial charge in [-0.1, -0.05) is 0 Å². The molecule has 2 aliphatic heterocycles. The van der Waals surface area contributed by atoms with Gasteiger partial charge in [0, 0.05) is 11.6 Å². The first-order valence-electron chi connectivity index (χ1n) is 9.03. The van der Waals surface area contributed by atoms with Gasteiger partial charge in [0.25, 0.3) is 17.6 Å². The molecule has 154 valence electrons. The zero-order valence-corrected chi connectivity index (χ0v) is 15.9. The standard InChI is InChI=1S/C19H16N4O7/c1-9-18(25)20-12-7-11(3-4-14(12)29-9)13(24)8-22-17-15(30-10(2)19(22)26)5-6-16(21-17)23(27)28/h3-7,9-10H,8H2,1-2H3,(H,20,25). The summed E-state index contributed by atoms with van der Waals surface area (Å²) in [4.78, 5) is 52.6. The van der Waals surface area contributed by atoms with Crippen LogP contribution in [0.5, 0.6) is 11.5 Å². The van der Waals surface area contributed by atoms with Crippen LogP contribution in [-0.4, -0.2) is 46.3 Å². The van der Waals surface area contributed by atoms with Crippen molar-refractivity contribution in [2.75, 3.05) is 16.8 Å². The number of ether oxygens (including phenoxy) is 2. The summed E-state index contributed by atoms with van der Waals surface area (Å²) in [6.07, 6.45) is -1.53. The van der Waals surface area contributed by atoms with Crippen molar-refractivity contribution in [2.45, 2.75) is 26.1 Å². The third-order valence-corrected chi connectivity index (χ3v) is 4.72. The minimum Gasteiger partial charge on any atom is -0.479 e. The summed E-state index contributed by atoms with van der Waals surface area (Å²) >= 11 is 0. The van der Waals surface area contributed by atoms with Crippen LogP contribution in [0, 0.1) is 10.1 Å².